The summed E-state index contributed by atoms with van der Waals surface area (Å²) in [7, 11) is 1.77. The Hall–Kier alpha value is -0.120. The van der Waals surface area contributed by atoms with E-state index in [0.717, 1.165) is 64.9 Å². The Morgan fingerprint density at radius 2 is 1.89 bits per heavy atom. The minimum Gasteiger partial charge on any atom is -0.383 e. The first-order valence-electron chi connectivity index (χ1n) is 10.5. The number of guanidine groups is 1. The molecule has 6 nitrogen and oxygen atoms in total. The van der Waals surface area contributed by atoms with Gasteiger partial charge in [0.05, 0.1) is 12.7 Å². The van der Waals surface area contributed by atoms with E-state index in [0.29, 0.717) is 17.9 Å². The SMILES string of the molecule is CCNC(=NCC1CCN(CCOC)CC1)NCCC(OCC)C(C)C.I. The van der Waals surface area contributed by atoms with E-state index in [9.17, 15) is 0 Å². The Kier molecular flexibility index (Phi) is 16.7. The van der Waals surface area contributed by atoms with Gasteiger partial charge in [0.25, 0.3) is 0 Å². The summed E-state index contributed by atoms with van der Waals surface area (Å²) in [5, 5.41) is 6.84. The molecule has 162 valence electrons. The van der Waals surface area contributed by atoms with Crippen molar-refractivity contribution in [3.63, 3.8) is 0 Å². The van der Waals surface area contributed by atoms with Crippen molar-refractivity contribution in [3.8, 4) is 0 Å². The first kappa shape index (κ1) is 26.9. The van der Waals surface area contributed by atoms with Crippen molar-refractivity contribution in [2.45, 2.75) is 53.1 Å². The number of nitrogens with zero attached hydrogens (tertiary/aromatic N) is 2. The van der Waals surface area contributed by atoms with Gasteiger partial charge in [0.2, 0.25) is 0 Å². The highest BCUT2D eigenvalue weighted by atomic mass is 127. The van der Waals surface area contributed by atoms with Crippen molar-refractivity contribution in [1.29, 1.82) is 0 Å². The molecule has 0 aliphatic carbocycles. The smallest absolute Gasteiger partial charge is 0.191 e. The lowest BCUT2D eigenvalue weighted by molar-refractivity contribution is 0.0258. The Labute approximate surface area is 184 Å². The molecule has 0 radical (unpaired) electrons. The van der Waals surface area contributed by atoms with E-state index in [-0.39, 0.29) is 24.0 Å². The number of ether oxygens (including phenoxy) is 2. The maximum Gasteiger partial charge on any atom is 0.191 e. The zero-order chi connectivity index (χ0) is 19.2. The minimum absolute atomic E-state index is 0. The van der Waals surface area contributed by atoms with E-state index in [1.807, 2.05) is 0 Å². The van der Waals surface area contributed by atoms with Gasteiger partial charge in [-0.3, -0.25) is 4.99 Å². The molecule has 7 heteroatoms. The van der Waals surface area contributed by atoms with Crippen LogP contribution in [-0.4, -0.2) is 76.6 Å². The lowest BCUT2D eigenvalue weighted by Gasteiger charge is -2.31. The Morgan fingerprint density at radius 3 is 2.44 bits per heavy atom. The van der Waals surface area contributed by atoms with Gasteiger partial charge < -0.3 is 25.0 Å². The molecule has 1 fully saturated rings. The molecule has 0 spiro atoms. The molecule has 0 aromatic carbocycles. The molecule has 0 aromatic heterocycles. The van der Waals surface area contributed by atoms with Gasteiger partial charge in [-0.05, 0) is 58.0 Å². The van der Waals surface area contributed by atoms with Crippen LogP contribution < -0.4 is 10.6 Å². The van der Waals surface area contributed by atoms with Crippen LogP contribution in [-0.2, 0) is 9.47 Å². The average Bonchev–Trinajstić information content (AvgIpc) is 2.64. The number of methoxy groups -OCH3 is 1. The molecular formula is C20H43IN4O2. The third-order valence-corrected chi connectivity index (χ3v) is 5.02. The molecule has 0 saturated carbocycles. The first-order chi connectivity index (χ1) is 12.6. The Bertz CT molecular complexity index is 375. The fourth-order valence-electron chi connectivity index (χ4n) is 3.33. The van der Waals surface area contributed by atoms with Gasteiger partial charge in [-0.25, -0.2) is 0 Å². The predicted octanol–water partition coefficient (Wildman–Crippen LogP) is 2.97. The lowest BCUT2D eigenvalue weighted by Crippen LogP contribution is -2.40. The number of likely N-dealkylation sites (tertiary alicyclic amines) is 1. The monoisotopic (exact) mass is 498 g/mol. The number of hydrogen-bond acceptors (Lipinski definition) is 4. The number of halogens is 1. The zero-order valence-electron chi connectivity index (χ0n) is 18.1. The predicted molar refractivity (Wildman–Crippen MR) is 125 cm³/mol. The second kappa shape index (κ2) is 16.8. The minimum atomic E-state index is 0. The van der Waals surface area contributed by atoms with Gasteiger partial charge in [0.1, 0.15) is 0 Å². The molecule has 1 aliphatic rings. The fraction of sp³-hybridized carbons (Fsp3) is 0.950. The number of rotatable bonds is 12. The van der Waals surface area contributed by atoms with Crippen molar-refractivity contribution in [3.05, 3.63) is 0 Å². The van der Waals surface area contributed by atoms with Gasteiger partial charge in [-0.2, -0.15) is 0 Å². The molecule has 1 rings (SSSR count). The van der Waals surface area contributed by atoms with Crippen LogP contribution in [0.4, 0.5) is 0 Å². The summed E-state index contributed by atoms with van der Waals surface area (Å²) >= 11 is 0. The topological polar surface area (TPSA) is 58.1 Å². The molecule has 1 unspecified atom stereocenters. The largest absolute Gasteiger partial charge is 0.383 e. The first-order valence-corrected chi connectivity index (χ1v) is 10.5. The molecule has 1 heterocycles. The van der Waals surface area contributed by atoms with Crippen LogP contribution in [0.5, 0.6) is 0 Å². The van der Waals surface area contributed by atoms with Gasteiger partial charge in [0.15, 0.2) is 5.96 Å². The molecule has 1 saturated heterocycles. The molecule has 27 heavy (non-hydrogen) atoms. The van der Waals surface area contributed by atoms with Crippen LogP contribution >= 0.6 is 24.0 Å². The van der Waals surface area contributed by atoms with Crippen molar-refractivity contribution < 1.29 is 9.47 Å². The molecule has 2 N–H and O–H groups in total. The van der Waals surface area contributed by atoms with Crippen LogP contribution in [0.15, 0.2) is 4.99 Å². The Morgan fingerprint density at radius 1 is 1.19 bits per heavy atom. The van der Waals surface area contributed by atoms with Crippen LogP contribution in [0, 0.1) is 11.8 Å². The van der Waals surface area contributed by atoms with E-state index in [1.54, 1.807) is 7.11 Å². The molecule has 1 aliphatic heterocycles. The van der Waals surface area contributed by atoms with Gasteiger partial charge in [-0.1, -0.05) is 13.8 Å². The highest BCUT2D eigenvalue weighted by molar-refractivity contribution is 14.0. The van der Waals surface area contributed by atoms with E-state index >= 15 is 0 Å². The standard InChI is InChI=1S/C20H42N4O2.HI/c1-6-21-20(22-11-8-19(17(3)4)26-7-2)23-16-18-9-12-24(13-10-18)14-15-25-5;/h17-19H,6-16H2,1-5H3,(H2,21,22,23);1H. The van der Waals surface area contributed by atoms with Crippen LogP contribution in [0.25, 0.3) is 0 Å². The van der Waals surface area contributed by atoms with Crippen molar-refractivity contribution in [1.82, 2.24) is 15.5 Å². The lowest BCUT2D eigenvalue weighted by atomic mass is 9.97. The van der Waals surface area contributed by atoms with Crippen molar-refractivity contribution in [2.75, 3.05) is 59.6 Å². The number of aliphatic imine (C=N–C) groups is 1. The summed E-state index contributed by atoms with van der Waals surface area (Å²) in [5.41, 5.74) is 0. The summed E-state index contributed by atoms with van der Waals surface area (Å²) in [6, 6.07) is 0. The second-order valence-electron chi connectivity index (χ2n) is 7.45. The molecule has 0 aromatic rings. The quantitative estimate of drug-likeness (QED) is 0.246. The van der Waals surface area contributed by atoms with Gasteiger partial charge >= 0.3 is 0 Å². The molecular weight excluding hydrogens is 455 g/mol. The average molecular weight is 498 g/mol. The highest BCUT2D eigenvalue weighted by Crippen LogP contribution is 2.17. The van der Waals surface area contributed by atoms with Gasteiger partial charge in [-0.15, -0.1) is 24.0 Å². The van der Waals surface area contributed by atoms with E-state index in [4.69, 9.17) is 14.5 Å². The maximum atomic E-state index is 5.82. The van der Waals surface area contributed by atoms with Crippen molar-refractivity contribution >= 4 is 29.9 Å². The van der Waals surface area contributed by atoms with E-state index < -0.39 is 0 Å². The van der Waals surface area contributed by atoms with Crippen molar-refractivity contribution in [2.24, 2.45) is 16.8 Å². The Balaban J connectivity index is 0.00000676. The van der Waals surface area contributed by atoms with E-state index in [2.05, 4.69) is 43.2 Å². The zero-order valence-corrected chi connectivity index (χ0v) is 20.5. The number of hydrogen-bond donors (Lipinski definition) is 2. The summed E-state index contributed by atoms with van der Waals surface area (Å²) in [6.07, 6.45) is 3.78. The maximum absolute atomic E-state index is 5.82. The summed E-state index contributed by atoms with van der Waals surface area (Å²) < 4.78 is 11.0. The normalized spacial score (nSPS) is 17.6. The molecule has 0 amide bonds. The highest BCUT2D eigenvalue weighted by Gasteiger charge is 2.19. The second-order valence-corrected chi connectivity index (χ2v) is 7.45. The van der Waals surface area contributed by atoms with Crippen LogP contribution in [0.2, 0.25) is 0 Å². The van der Waals surface area contributed by atoms with Crippen LogP contribution in [0.1, 0.15) is 47.0 Å². The third kappa shape index (κ3) is 12.1. The molecule has 1 atom stereocenters. The molecule has 0 bridgehead atoms. The fourth-order valence-corrected chi connectivity index (χ4v) is 3.33. The number of piperidine rings is 1. The van der Waals surface area contributed by atoms with Gasteiger partial charge in [0, 0.05) is 39.9 Å². The van der Waals surface area contributed by atoms with E-state index in [1.165, 1.54) is 12.8 Å². The number of nitrogens with one attached hydrogen (secondary N) is 2. The summed E-state index contributed by atoms with van der Waals surface area (Å²) in [6.45, 7) is 16.3. The summed E-state index contributed by atoms with van der Waals surface area (Å²) in [5.74, 6) is 2.17. The third-order valence-electron chi connectivity index (χ3n) is 5.02. The van der Waals surface area contributed by atoms with Crippen LogP contribution in [0.3, 0.4) is 0 Å². The summed E-state index contributed by atoms with van der Waals surface area (Å²) in [4.78, 5) is 7.32.